The van der Waals surface area contributed by atoms with E-state index in [2.05, 4.69) is 20.2 Å². The first-order valence-corrected chi connectivity index (χ1v) is 11.3. The SMILES string of the molecule is CCS(=O)(=O)NCC1CCC(Nc2ccc(-c3cccc(Cl)c3)nn2)CC1. The van der Waals surface area contributed by atoms with Gasteiger partial charge >= 0.3 is 0 Å². The summed E-state index contributed by atoms with van der Waals surface area (Å²) in [5, 5.41) is 12.7. The number of sulfonamides is 1. The van der Waals surface area contributed by atoms with E-state index in [0.717, 1.165) is 42.8 Å². The molecule has 0 spiro atoms. The Morgan fingerprint density at radius 2 is 1.89 bits per heavy atom. The van der Waals surface area contributed by atoms with Crippen molar-refractivity contribution in [2.45, 2.75) is 38.6 Å². The van der Waals surface area contributed by atoms with Gasteiger partial charge in [-0.3, -0.25) is 0 Å². The molecule has 0 unspecified atom stereocenters. The lowest BCUT2D eigenvalue weighted by Gasteiger charge is -2.29. The van der Waals surface area contributed by atoms with Gasteiger partial charge in [-0.2, -0.15) is 0 Å². The van der Waals surface area contributed by atoms with Crippen molar-refractivity contribution in [2.24, 2.45) is 5.92 Å². The molecular weight excluding hydrogens is 384 g/mol. The molecule has 0 bridgehead atoms. The summed E-state index contributed by atoms with van der Waals surface area (Å²) in [4.78, 5) is 0. The van der Waals surface area contributed by atoms with E-state index in [9.17, 15) is 8.42 Å². The van der Waals surface area contributed by atoms with Crippen LogP contribution in [0, 0.1) is 5.92 Å². The number of aromatic nitrogens is 2. The van der Waals surface area contributed by atoms with Crippen molar-refractivity contribution >= 4 is 27.4 Å². The molecule has 1 aliphatic rings. The third-order valence-corrected chi connectivity index (χ3v) is 6.56. The van der Waals surface area contributed by atoms with Crippen LogP contribution in [0.25, 0.3) is 11.3 Å². The summed E-state index contributed by atoms with van der Waals surface area (Å²) in [6.07, 6.45) is 3.99. The lowest BCUT2D eigenvalue weighted by atomic mass is 9.86. The van der Waals surface area contributed by atoms with Crippen molar-refractivity contribution in [3.05, 3.63) is 41.4 Å². The van der Waals surface area contributed by atoms with Gasteiger partial charge in [0.25, 0.3) is 0 Å². The van der Waals surface area contributed by atoms with Gasteiger partial charge in [0.1, 0.15) is 5.82 Å². The average Bonchev–Trinajstić information content (AvgIpc) is 2.68. The van der Waals surface area contributed by atoms with Crippen LogP contribution in [-0.2, 0) is 10.0 Å². The van der Waals surface area contributed by atoms with Crippen LogP contribution in [0.5, 0.6) is 0 Å². The molecule has 0 saturated heterocycles. The maximum absolute atomic E-state index is 11.6. The highest BCUT2D eigenvalue weighted by atomic mass is 35.5. The Hall–Kier alpha value is -1.70. The second-order valence-corrected chi connectivity index (χ2v) is 9.46. The summed E-state index contributed by atoms with van der Waals surface area (Å²) in [6, 6.07) is 11.8. The van der Waals surface area contributed by atoms with Crippen molar-refractivity contribution in [3.8, 4) is 11.3 Å². The first kappa shape index (κ1) is 20.0. The molecule has 1 aromatic heterocycles. The molecule has 1 aromatic carbocycles. The highest BCUT2D eigenvalue weighted by Gasteiger charge is 2.22. The van der Waals surface area contributed by atoms with Crippen molar-refractivity contribution in [1.29, 1.82) is 0 Å². The van der Waals surface area contributed by atoms with Crippen molar-refractivity contribution in [2.75, 3.05) is 17.6 Å². The Morgan fingerprint density at radius 1 is 1.11 bits per heavy atom. The summed E-state index contributed by atoms with van der Waals surface area (Å²) >= 11 is 6.02. The minimum Gasteiger partial charge on any atom is -0.366 e. The van der Waals surface area contributed by atoms with Gasteiger partial charge in [-0.1, -0.05) is 23.7 Å². The number of hydrogen-bond donors (Lipinski definition) is 2. The number of anilines is 1. The van der Waals surface area contributed by atoms with Crippen LogP contribution in [0.4, 0.5) is 5.82 Å². The fourth-order valence-corrected chi connectivity index (χ4v) is 4.16. The van der Waals surface area contributed by atoms with E-state index in [1.165, 1.54) is 0 Å². The van der Waals surface area contributed by atoms with Gasteiger partial charge in [-0.15, -0.1) is 10.2 Å². The molecule has 1 saturated carbocycles. The molecule has 3 rings (SSSR count). The molecule has 1 aliphatic carbocycles. The van der Waals surface area contributed by atoms with Gasteiger partial charge in [0, 0.05) is 23.2 Å². The topological polar surface area (TPSA) is 84.0 Å². The van der Waals surface area contributed by atoms with Crippen LogP contribution in [0.3, 0.4) is 0 Å². The van der Waals surface area contributed by atoms with Crippen LogP contribution in [0.1, 0.15) is 32.6 Å². The predicted molar refractivity (Wildman–Crippen MR) is 109 cm³/mol. The molecule has 0 atom stereocenters. The summed E-state index contributed by atoms with van der Waals surface area (Å²) in [5.74, 6) is 1.30. The van der Waals surface area contributed by atoms with Crippen molar-refractivity contribution in [3.63, 3.8) is 0 Å². The van der Waals surface area contributed by atoms with Gasteiger partial charge < -0.3 is 5.32 Å². The fourth-order valence-electron chi connectivity index (χ4n) is 3.28. The molecule has 6 nitrogen and oxygen atoms in total. The van der Waals surface area contributed by atoms with Gasteiger partial charge in [0.15, 0.2) is 0 Å². The third-order valence-electron chi connectivity index (χ3n) is 4.96. The van der Waals surface area contributed by atoms with E-state index in [-0.39, 0.29) is 5.75 Å². The summed E-state index contributed by atoms with van der Waals surface area (Å²) in [6.45, 7) is 2.19. The van der Waals surface area contributed by atoms with E-state index < -0.39 is 10.0 Å². The first-order valence-electron chi connectivity index (χ1n) is 9.28. The molecule has 0 aliphatic heterocycles. The first-order chi connectivity index (χ1) is 12.9. The second kappa shape index (κ2) is 8.99. The minimum atomic E-state index is -3.10. The minimum absolute atomic E-state index is 0.133. The zero-order valence-corrected chi connectivity index (χ0v) is 16.9. The molecule has 2 aromatic rings. The van der Waals surface area contributed by atoms with Crippen LogP contribution in [-0.4, -0.2) is 37.0 Å². The highest BCUT2D eigenvalue weighted by molar-refractivity contribution is 7.89. The third kappa shape index (κ3) is 5.89. The van der Waals surface area contributed by atoms with Gasteiger partial charge in [0.05, 0.1) is 11.4 Å². The Morgan fingerprint density at radius 3 is 2.52 bits per heavy atom. The second-order valence-electron chi connectivity index (χ2n) is 6.93. The van der Waals surface area contributed by atoms with E-state index in [0.29, 0.717) is 23.5 Å². The van der Waals surface area contributed by atoms with Crippen molar-refractivity contribution in [1.82, 2.24) is 14.9 Å². The zero-order chi connectivity index (χ0) is 19.3. The molecule has 8 heteroatoms. The molecule has 1 heterocycles. The fraction of sp³-hybridized carbons (Fsp3) is 0.474. The maximum Gasteiger partial charge on any atom is 0.211 e. The largest absolute Gasteiger partial charge is 0.366 e. The van der Waals surface area contributed by atoms with Crippen LogP contribution in [0.15, 0.2) is 36.4 Å². The van der Waals surface area contributed by atoms with Crippen LogP contribution in [0.2, 0.25) is 5.02 Å². The number of rotatable bonds is 7. The van der Waals surface area contributed by atoms with Gasteiger partial charge in [0.2, 0.25) is 10.0 Å². The van der Waals surface area contributed by atoms with E-state index in [4.69, 9.17) is 11.6 Å². The molecular formula is C19H25ClN4O2S. The quantitative estimate of drug-likeness (QED) is 0.729. The van der Waals surface area contributed by atoms with Gasteiger partial charge in [-0.25, -0.2) is 13.1 Å². The van der Waals surface area contributed by atoms with E-state index in [1.807, 2.05) is 36.4 Å². The Labute approximate surface area is 165 Å². The lowest BCUT2D eigenvalue weighted by molar-refractivity contribution is 0.337. The van der Waals surface area contributed by atoms with Gasteiger partial charge in [-0.05, 0) is 62.8 Å². The van der Waals surface area contributed by atoms with Crippen LogP contribution < -0.4 is 10.0 Å². The summed E-state index contributed by atoms with van der Waals surface area (Å²) < 4.78 is 25.8. The highest BCUT2D eigenvalue weighted by Crippen LogP contribution is 2.26. The summed E-state index contributed by atoms with van der Waals surface area (Å²) in [7, 11) is -3.10. The molecule has 0 amide bonds. The number of benzene rings is 1. The number of hydrogen-bond acceptors (Lipinski definition) is 5. The van der Waals surface area contributed by atoms with E-state index in [1.54, 1.807) is 6.92 Å². The predicted octanol–water partition coefficient (Wildman–Crippen LogP) is 3.71. The maximum atomic E-state index is 11.6. The number of halogens is 1. The Balaban J connectivity index is 1.49. The standard InChI is InChI=1S/C19H25ClN4O2S/c1-2-27(25,26)21-13-14-6-8-17(9-7-14)22-19-11-10-18(23-24-19)15-4-3-5-16(20)12-15/h3-5,10-12,14,17,21H,2,6-9,13H2,1H3,(H,22,24). The number of nitrogens with zero attached hydrogens (tertiary/aromatic N) is 2. The lowest BCUT2D eigenvalue weighted by Crippen LogP contribution is -2.34. The van der Waals surface area contributed by atoms with Crippen molar-refractivity contribution < 1.29 is 8.42 Å². The zero-order valence-electron chi connectivity index (χ0n) is 15.4. The average molecular weight is 409 g/mol. The molecule has 0 radical (unpaired) electrons. The Bertz CT molecular complexity index is 850. The Kier molecular flexibility index (Phi) is 6.68. The molecule has 1 fully saturated rings. The van der Waals surface area contributed by atoms with E-state index >= 15 is 0 Å². The molecule has 146 valence electrons. The molecule has 2 N–H and O–H groups in total. The smallest absolute Gasteiger partial charge is 0.211 e. The normalized spacial score (nSPS) is 20.4. The summed E-state index contributed by atoms with van der Waals surface area (Å²) in [5.41, 5.74) is 1.73. The molecule has 27 heavy (non-hydrogen) atoms. The van der Waals surface area contributed by atoms with Crippen LogP contribution >= 0.6 is 11.6 Å². The monoisotopic (exact) mass is 408 g/mol. The number of nitrogens with one attached hydrogen (secondary N) is 2.